The van der Waals surface area contributed by atoms with Crippen LogP contribution in [0.25, 0.3) is 0 Å². The van der Waals surface area contributed by atoms with E-state index in [1.54, 1.807) is 32.4 Å². The molecule has 0 aliphatic carbocycles. The molecule has 0 saturated carbocycles. The highest BCUT2D eigenvalue weighted by molar-refractivity contribution is 7.08. The number of piperazine rings is 1. The van der Waals surface area contributed by atoms with E-state index < -0.39 is 0 Å². The molecule has 1 N–H and O–H groups in total. The number of nitrogens with zero attached hydrogens (tertiary/aromatic N) is 2. The fourth-order valence-corrected chi connectivity index (χ4v) is 3.74. The number of thiophene rings is 1. The van der Waals surface area contributed by atoms with Crippen LogP contribution in [0.15, 0.2) is 35.0 Å². The number of carbonyl (C=O) groups is 2. The summed E-state index contributed by atoms with van der Waals surface area (Å²) in [6, 6.07) is 6.97. The zero-order valence-corrected chi connectivity index (χ0v) is 17.0. The maximum absolute atomic E-state index is 12.4. The molecule has 1 aromatic carbocycles. The standard InChI is InChI=1S/C20H25N3O4S/c1-26-17-11-16(12-18(13-17)27-2)19(24)21-4-5-22-6-8-23(9-7-22)20(25)15-3-10-28-14-15/h3,10-14H,4-9H2,1-2H3,(H,21,24). The van der Waals surface area contributed by atoms with Gasteiger partial charge >= 0.3 is 0 Å². The molecular formula is C20H25N3O4S. The summed E-state index contributed by atoms with van der Waals surface area (Å²) in [5.74, 6) is 1.09. The molecule has 0 unspecified atom stereocenters. The molecule has 1 fully saturated rings. The number of carbonyl (C=O) groups excluding carboxylic acids is 2. The minimum Gasteiger partial charge on any atom is -0.497 e. The number of hydrogen-bond acceptors (Lipinski definition) is 6. The first-order valence-corrected chi connectivity index (χ1v) is 10.1. The summed E-state index contributed by atoms with van der Waals surface area (Å²) in [6.07, 6.45) is 0. The summed E-state index contributed by atoms with van der Waals surface area (Å²) in [5, 5.41) is 6.74. The predicted octanol–water partition coefficient (Wildman–Crippen LogP) is 1.95. The summed E-state index contributed by atoms with van der Waals surface area (Å²) in [5.41, 5.74) is 1.27. The van der Waals surface area contributed by atoms with Crippen LogP contribution in [0.3, 0.4) is 0 Å². The van der Waals surface area contributed by atoms with Crippen molar-refractivity contribution >= 4 is 23.2 Å². The summed E-state index contributed by atoms with van der Waals surface area (Å²) >= 11 is 1.54. The number of methoxy groups -OCH3 is 2. The molecule has 1 aromatic heterocycles. The summed E-state index contributed by atoms with van der Waals surface area (Å²) in [7, 11) is 3.11. The zero-order chi connectivity index (χ0) is 19.9. The van der Waals surface area contributed by atoms with Crippen LogP contribution >= 0.6 is 11.3 Å². The third-order valence-electron chi connectivity index (χ3n) is 4.75. The Morgan fingerprint density at radius 1 is 1.04 bits per heavy atom. The molecule has 0 spiro atoms. The van der Waals surface area contributed by atoms with E-state index >= 15 is 0 Å². The van der Waals surface area contributed by atoms with Gasteiger partial charge in [0.2, 0.25) is 0 Å². The second-order valence-electron chi connectivity index (χ2n) is 6.50. The Bertz CT molecular complexity index is 780. The third kappa shape index (κ3) is 5.02. The van der Waals surface area contributed by atoms with Crippen LogP contribution in [0.4, 0.5) is 0 Å². The van der Waals surface area contributed by atoms with Gasteiger partial charge in [-0.05, 0) is 23.6 Å². The molecule has 8 heteroatoms. The molecule has 3 rings (SSSR count). The molecule has 0 atom stereocenters. The van der Waals surface area contributed by atoms with Gasteiger partial charge in [-0.3, -0.25) is 14.5 Å². The summed E-state index contributed by atoms with van der Waals surface area (Å²) < 4.78 is 10.4. The lowest BCUT2D eigenvalue weighted by Gasteiger charge is -2.34. The molecule has 1 aliphatic rings. The van der Waals surface area contributed by atoms with Gasteiger partial charge in [-0.15, -0.1) is 0 Å². The van der Waals surface area contributed by atoms with Gasteiger partial charge in [0.1, 0.15) is 11.5 Å². The molecule has 7 nitrogen and oxygen atoms in total. The van der Waals surface area contributed by atoms with Gasteiger partial charge in [0.25, 0.3) is 11.8 Å². The molecule has 0 bridgehead atoms. The Balaban J connectivity index is 1.43. The zero-order valence-electron chi connectivity index (χ0n) is 16.1. The lowest BCUT2D eigenvalue weighted by atomic mass is 10.2. The van der Waals surface area contributed by atoms with Crippen molar-refractivity contribution in [3.8, 4) is 11.5 Å². The van der Waals surface area contributed by atoms with Gasteiger partial charge < -0.3 is 19.7 Å². The van der Waals surface area contributed by atoms with E-state index in [0.29, 0.717) is 36.7 Å². The average molecular weight is 404 g/mol. The normalized spacial score (nSPS) is 14.6. The number of nitrogens with one attached hydrogen (secondary N) is 1. The van der Waals surface area contributed by atoms with Gasteiger partial charge in [0, 0.05) is 56.3 Å². The van der Waals surface area contributed by atoms with E-state index in [2.05, 4.69) is 10.2 Å². The highest BCUT2D eigenvalue weighted by atomic mass is 32.1. The Labute approximate surface area is 168 Å². The van der Waals surface area contributed by atoms with Crippen molar-refractivity contribution in [3.05, 3.63) is 46.2 Å². The van der Waals surface area contributed by atoms with Gasteiger partial charge in [0.05, 0.1) is 19.8 Å². The fraction of sp³-hybridized carbons (Fsp3) is 0.400. The molecule has 2 aromatic rings. The van der Waals surface area contributed by atoms with E-state index in [4.69, 9.17) is 9.47 Å². The molecule has 2 amide bonds. The van der Waals surface area contributed by atoms with Crippen molar-refractivity contribution in [1.82, 2.24) is 15.1 Å². The van der Waals surface area contributed by atoms with Crippen LogP contribution < -0.4 is 14.8 Å². The van der Waals surface area contributed by atoms with E-state index in [1.807, 2.05) is 21.7 Å². The highest BCUT2D eigenvalue weighted by Crippen LogP contribution is 2.22. The van der Waals surface area contributed by atoms with Crippen molar-refractivity contribution in [2.75, 3.05) is 53.5 Å². The molecule has 1 saturated heterocycles. The molecule has 28 heavy (non-hydrogen) atoms. The smallest absolute Gasteiger partial charge is 0.254 e. The lowest BCUT2D eigenvalue weighted by molar-refractivity contribution is 0.0638. The van der Waals surface area contributed by atoms with Crippen molar-refractivity contribution in [2.45, 2.75) is 0 Å². The third-order valence-corrected chi connectivity index (χ3v) is 5.44. The number of ether oxygens (including phenoxy) is 2. The fourth-order valence-electron chi connectivity index (χ4n) is 3.11. The largest absolute Gasteiger partial charge is 0.497 e. The highest BCUT2D eigenvalue weighted by Gasteiger charge is 2.22. The van der Waals surface area contributed by atoms with Crippen molar-refractivity contribution in [1.29, 1.82) is 0 Å². The average Bonchev–Trinajstić information content (AvgIpc) is 3.28. The number of benzene rings is 1. The first kappa shape index (κ1) is 20.2. The SMILES string of the molecule is COc1cc(OC)cc(C(=O)NCCN2CCN(C(=O)c3ccsc3)CC2)c1. The van der Waals surface area contributed by atoms with Crippen molar-refractivity contribution < 1.29 is 19.1 Å². The second-order valence-corrected chi connectivity index (χ2v) is 7.28. The molecule has 0 radical (unpaired) electrons. The van der Waals surface area contributed by atoms with Gasteiger partial charge in [-0.25, -0.2) is 0 Å². The van der Waals surface area contributed by atoms with Crippen LogP contribution in [0.5, 0.6) is 11.5 Å². The minimum absolute atomic E-state index is 0.0983. The lowest BCUT2D eigenvalue weighted by Crippen LogP contribution is -2.50. The maximum Gasteiger partial charge on any atom is 0.254 e. The monoisotopic (exact) mass is 403 g/mol. The van der Waals surface area contributed by atoms with Crippen LogP contribution in [0.2, 0.25) is 0 Å². The number of hydrogen-bond donors (Lipinski definition) is 1. The Hall–Kier alpha value is -2.58. The van der Waals surface area contributed by atoms with E-state index in [0.717, 1.165) is 25.2 Å². The quantitative estimate of drug-likeness (QED) is 0.765. The molecule has 1 aliphatic heterocycles. The first-order chi connectivity index (χ1) is 13.6. The summed E-state index contributed by atoms with van der Waals surface area (Å²) in [4.78, 5) is 28.9. The van der Waals surface area contributed by atoms with E-state index in [-0.39, 0.29) is 11.8 Å². The van der Waals surface area contributed by atoms with Crippen LogP contribution in [0.1, 0.15) is 20.7 Å². The van der Waals surface area contributed by atoms with E-state index in [1.165, 1.54) is 11.3 Å². The first-order valence-electron chi connectivity index (χ1n) is 9.16. The topological polar surface area (TPSA) is 71.1 Å². The molecule has 150 valence electrons. The van der Waals surface area contributed by atoms with Gasteiger partial charge in [-0.1, -0.05) is 0 Å². The molecule has 2 heterocycles. The van der Waals surface area contributed by atoms with Crippen LogP contribution in [0, 0.1) is 0 Å². The maximum atomic E-state index is 12.4. The Morgan fingerprint density at radius 3 is 2.29 bits per heavy atom. The van der Waals surface area contributed by atoms with E-state index in [9.17, 15) is 9.59 Å². The minimum atomic E-state index is -0.163. The molecular weight excluding hydrogens is 378 g/mol. The Kier molecular flexibility index (Phi) is 6.89. The number of rotatable bonds is 7. The summed E-state index contributed by atoms with van der Waals surface area (Å²) in [6.45, 7) is 4.30. The second kappa shape index (κ2) is 9.57. The van der Waals surface area contributed by atoms with Crippen LogP contribution in [-0.2, 0) is 0 Å². The number of amides is 2. The van der Waals surface area contributed by atoms with Crippen LogP contribution in [-0.4, -0.2) is 75.1 Å². The van der Waals surface area contributed by atoms with Gasteiger partial charge in [0.15, 0.2) is 0 Å². The predicted molar refractivity (Wildman–Crippen MR) is 109 cm³/mol. The van der Waals surface area contributed by atoms with Gasteiger partial charge in [-0.2, -0.15) is 11.3 Å². The Morgan fingerprint density at radius 2 is 1.71 bits per heavy atom. The van der Waals surface area contributed by atoms with Crippen molar-refractivity contribution in [2.24, 2.45) is 0 Å². The van der Waals surface area contributed by atoms with Crippen molar-refractivity contribution in [3.63, 3.8) is 0 Å².